The lowest BCUT2D eigenvalue weighted by molar-refractivity contribution is -0.133. The van der Waals surface area contributed by atoms with E-state index in [-0.39, 0.29) is 11.3 Å². The number of anilines is 2. The first-order valence-corrected chi connectivity index (χ1v) is 11.3. The molecule has 0 bridgehead atoms. The fraction of sp³-hybridized carbons (Fsp3) is 0.111. The summed E-state index contributed by atoms with van der Waals surface area (Å²) in [7, 11) is 0. The molecule has 37 heavy (non-hydrogen) atoms. The number of primary amides is 2. The van der Waals surface area contributed by atoms with E-state index in [1.165, 1.54) is 47.5 Å². The van der Waals surface area contributed by atoms with E-state index < -0.39 is 29.0 Å². The number of benzene rings is 3. The minimum absolute atomic E-state index is 0.0717. The van der Waals surface area contributed by atoms with Crippen molar-refractivity contribution in [1.29, 1.82) is 0 Å². The number of halogens is 1. The molecule has 0 spiro atoms. The summed E-state index contributed by atoms with van der Waals surface area (Å²) >= 11 is 0. The molecule has 5 rings (SSSR count). The van der Waals surface area contributed by atoms with Gasteiger partial charge in [0.15, 0.2) is 0 Å². The van der Waals surface area contributed by atoms with Crippen molar-refractivity contribution >= 4 is 40.0 Å². The van der Waals surface area contributed by atoms with Gasteiger partial charge < -0.3 is 21.3 Å². The maximum absolute atomic E-state index is 13.6. The Balaban J connectivity index is 1.49. The number of carbonyl (C=O) groups is 3. The molecule has 1 fully saturated rings. The molecular weight excluding hydrogens is 479 g/mol. The van der Waals surface area contributed by atoms with Crippen LogP contribution in [0.3, 0.4) is 0 Å². The van der Waals surface area contributed by atoms with Gasteiger partial charge in [-0.1, -0.05) is 0 Å². The molecule has 186 valence electrons. The van der Waals surface area contributed by atoms with Crippen molar-refractivity contribution in [2.75, 3.05) is 4.90 Å². The van der Waals surface area contributed by atoms with E-state index >= 15 is 0 Å². The quantitative estimate of drug-likeness (QED) is 0.328. The number of pyridine rings is 1. The fourth-order valence-corrected chi connectivity index (χ4v) is 4.11. The standard InChI is InChI=1S/C27H21FN4O5/c28-15-1-3-16(4-2-15)32(26(36)27(10-11-27)25(30)35)17-5-7-18(8-6-17)37-23-9-12-31-21-14-22(33)20(24(29)34)13-19(21)23/h1-9,12-14,33H,10-11H2,(H2,29,34)(H2,30,35). The SMILES string of the molecule is NC(=O)c1cc2c(Oc3ccc(N(C(=O)C4(C(N)=O)CC4)c4ccc(F)cc4)cc3)ccnc2cc1O. The van der Waals surface area contributed by atoms with Crippen molar-refractivity contribution in [1.82, 2.24) is 4.98 Å². The minimum Gasteiger partial charge on any atom is -0.507 e. The largest absolute Gasteiger partial charge is 0.507 e. The number of nitrogens with zero attached hydrogens (tertiary/aromatic N) is 2. The lowest BCUT2D eigenvalue weighted by Gasteiger charge is -2.26. The monoisotopic (exact) mass is 500 g/mol. The second kappa shape index (κ2) is 8.90. The molecule has 1 heterocycles. The molecule has 0 atom stereocenters. The van der Waals surface area contributed by atoms with Crippen LogP contribution in [0.4, 0.5) is 15.8 Å². The van der Waals surface area contributed by atoms with E-state index in [1.807, 2.05) is 0 Å². The highest BCUT2D eigenvalue weighted by atomic mass is 19.1. The van der Waals surface area contributed by atoms with Crippen LogP contribution in [0.2, 0.25) is 0 Å². The molecule has 3 amide bonds. The van der Waals surface area contributed by atoms with Gasteiger partial charge in [-0.15, -0.1) is 0 Å². The van der Waals surface area contributed by atoms with E-state index in [0.717, 1.165) is 0 Å². The zero-order chi connectivity index (χ0) is 26.3. The number of carbonyl (C=O) groups excluding carboxylic acids is 3. The van der Waals surface area contributed by atoms with Crippen molar-refractivity contribution in [3.8, 4) is 17.2 Å². The number of aromatic hydroxyl groups is 1. The van der Waals surface area contributed by atoms with Gasteiger partial charge in [-0.25, -0.2) is 4.39 Å². The van der Waals surface area contributed by atoms with E-state index in [1.54, 1.807) is 30.3 Å². The van der Waals surface area contributed by atoms with Crippen LogP contribution in [-0.4, -0.2) is 27.8 Å². The zero-order valence-corrected chi connectivity index (χ0v) is 19.3. The summed E-state index contributed by atoms with van der Waals surface area (Å²) in [6.45, 7) is 0. The van der Waals surface area contributed by atoms with E-state index in [9.17, 15) is 23.9 Å². The number of fused-ring (bicyclic) bond motifs is 1. The van der Waals surface area contributed by atoms with E-state index in [4.69, 9.17) is 16.2 Å². The first kappa shape index (κ1) is 23.7. The molecule has 1 aliphatic carbocycles. The fourth-order valence-electron chi connectivity index (χ4n) is 4.11. The third kappa shape index (κ3) is 4.29. The first-order chi connectivity index (χ1) is 17.7. The molecule has 1 saturated carbocycles. The van der Waals surface area contributed by atoms with Crippen molar-refractivity contribution in [2.24, 2.45) is 16.9 Å². The van der Waals surface area contributed by atoms with Crippen LogP contribution in [0.5, 0.6) is 17.2 Å². The second-order valence-corrected chi connectivity index (χ2v) is 8.72. The topological polar surface area (TPSA) is 149 Å². The molecule has 0 aliphatic heterocycles. The van der Waals surface area contributed by atoms with Gasteiger partial charge in [0.2, 0.25) is 11.8 Å². The van der Waals surface area contributed by atoms with Crippen LogP contribution < -0.4 is 21.1 Å². The third-order valence-electron chi connectivity index (χ3n) is 6.33. The van der Waals surface area contributed by atoms with Crippen molar-refractivity contribution < 1.29 is 28.6 Å². The van der Waals surface area contributed by atoms with Gasteiger partial charge >= 0.3 is 0 Å². The van der Waals surface area contributed by atoms with Crippen molar-refractivity contribution in [2.45, 2.75) is 12.8 Å². The summed E-state index contributed by atoms with van der Waals surface area (Å²) in [5.41, 5.74) is 10.7. The average Bonchev–Trinajstić information content (AvgIpc) is 3.68. The Morgan fingerprint density at radius 1 is 0.946 bits per heavy atom. The Morgan fingerprint density at radius 3 is 2.14 bits per heavy atom. The lowest BCUT2D eigenvalue weighted by atomic mass is 10.0. The van der Waals surface area contributed by atoms with Gasteiger partial charge in [-0.2, -0.15) is 0 Å². The van der Waals surface area contributed by atoms with Crippen molar-refractivity contribution in [3.63, 3.8) is 0 Å². The van der Waals surface area contributed by atoms with Gasteiger partial charge in [-0.3, -0.25) is 24.3 Å². The number of hydrogen-bond donors (Lipinski definition) is 3. The van der Waals surface area contributed by atoms with Gasteiger partial charge in [0.25, 0.3) is 5.91 Å². The van der Waals surface area contributed by atoms with Gasteiger partial charge in [0.1, 0.15) is 28.5 Å². The minimum atomic E-state index is -1.29. The molecule has 0 saturated heterocycles. The highest BCUT2D eigenvalue weighted by Crippen LogP contribution is 2.49. The normalized spacial score (nSPS) is 13.6. The molecular formula is C27H21FN4O5. The summed E-state index contributed by atoms with van der Waals surface area (Å²) in [5, 5.41) is 10.5. The second-order valence-electron chi connectivity index (χ2n) is 8.72. The molecule has 9 nitrogen and oxygen atoms in total. The van der Waals surface area contributed by atoms with E-state index in [2.05, 4.69) is 4.98 Å². The molecule has 1 aliphatic rings. The molecule has 0 unspecified atom stereocenters. The number of aromatic nitrogens is 1. The van der Waals surface area contributed by atoms with Crippen LogP contribution in [0.25, 0.3) is 10.9 Å². The predicted octanol–water partition coefficient (Wildman–Crippen LogP) is 3.90. The molecule has 3 aromatic carbocycles. The predicted molar refractivity (Wildman–Crippen MR) is 133 cm³/mol. The molecule has 4 aromatic rings. The summed E-state index contributed by atoms with van der Waals surface area (Å²) in [6.07, 6.45) is 2.18. The van der Waals surface area contributed by atoms with Gasteiger partial charge in [0, 0.05) is 29.0 Å². The molecule has 0 radical (unpaired) electrons. The molecule has 10 heteroatoms. The maximum Gasteiger partial charge on any atom is 0.252 e. The first-order valence-electron chi connectivity index (χ1n) is 11.3. The van der Waals surface area contributed by atoms with Crippen LogP contribution in [0.1, 0.15) is 23.2 Å². The molecule has 5 N–H and O–H groups in total. The van der Waals surface area contributed by atoms with Gasteiger partial charge in [0.05, 0.1) is 11.1 Å². The number of rotatable bonds is 7. The zero-order valence-electron chi connectivity index (χ0n) is 19.3. The lowest BCUT2D eigenvalue weighted by Crippen LogP contribution is -2.41. The Bertz CT molecular complexity index is 1550. The maximum atomic E-state index is 13.6. The summed E-state index contributed by atoms with van der Waals surface area (Å²) in [4.78, 5) is 42.7. The molecule has 1 aromatic heterocycles. The average molecular weight is 500 g/mol. The summed E-state index contributed by atoms with van der Waals surface area (Å²) < 4.78 is 19.6. The van der Waals surface area contributed by atoms with Crippen LogP contribution >= 0.6 is 0 Å². The Kier molecular flexibility index (Phi) is 5.71. The number of hydrogen-bond acceptors (Lipinski definition) is 6. The highest BCUT2D eigenvalue weighted by Gasteiger charge is 2.57. The number of nitrogens with two attached hydrogens (primary N) is 2. The Labute approximate surface area is 210 Å². The smallest absolute Gasteiger partial charge is 0.252 e. The van der Waals surface area contributed by atoms with Crippen LogP contribution in [0, 0.1) is 11.2 Å². The van der Waals surface area contributed by atoms with Gasteiger partial charge in [-0.05, 0) is 73.5 Å². The Morgan fingerprint density at radius 2 is 1.57 bits per heavy atom. The highest BCUT2D eigenvalue weighted by molar-refractivity contribution is 6.16. The summed E-state index contributed by atoms with van der Waals surface area (Å²) in [5.74, 6) is -1.98. The van der Waals surface area contributed by atoms with Crippen molar-refractivity contribution in [3.05, 3.63) is 84.3 Å². The number of phenols is 1. The number of ether oxygens (including phenoxy) is 1. The third-order valence-corrected chi connectivity index (χ3v) is 6.33. The number of amides is 3. The summed E-state index contributed by atoms with van der Waals surface area (Å²) in [6, 6.07) is 16.1. The van der Waals surface area contributed by atoms with E-state index in [0.29, 0.717) is 46.6 Å². The van der Waals surface area contributed by atoms with Crippen LogP contribution in [-0.2, 0) is 9.59 Å². The van der Waals surface area contributed by atoms with Crippen LogP contribution in [0.15, 0.2) is 72.9 Å². The Hall–Kier alpha value is -4.99.